The van der Waals surface area contributed by atoms with E-state index in [2.05, 4.69) is 29.3 Å². The number of nitrogens with one attached hydrogen (secondary N) is 1. The highest BCUT2D eigenvalue weighted by molar-refractivity contribution is 5.90. The van der Waals surface area contributed by atoms with Crippen molar-refractivity contribution in [3.05, 3.63) is 11.7 Å². The zero-order valence-corrected chi connectivity index (χ0v) is 11.1. The van der Waals surface area contributed by atoms with Crippen LogP contribution in [0.25, 0.3) is 0 Å². The second-order valence-corrected chi connectivity index (χ2v) is 5.18. The lowest BCUT2D eigenvalue weighted by Gasteiger charge is -2.17. The molecule has 6 heteroatoms. The standard InChI is InChI=1S/C12H20N4O2/c1-8(2)7-16(3)12(17)10-14-11(18-15-10)9-5-4-6-13-9/h8-9,13H,4-7H2,1-3H3. The smallest absolute Gasteiger partial charge is 0.295 e. The van der Waals surface area contributed by atoms with E-state index >= 15 is 0 Å². The first-order valence-electron chi connectivity index (χ1n) is 6.40. The molecule has 2 heterocycles. The minimum atomic E-state index is -0.184. The highest BCUT2D eigenvalue weighted by Gasteiger charge is 2.25. The van der Waals surface area contributed by atoms with E-state index in [0.717, 1.165) is 19.4 Å². The first-order valence-corrected chi connectivity index (χ1v) is 6.40. The van der Waals surface area contributed by atoms with Gasteiger partial charge in [-0.1, -0.05) is 19.0 Å². The Bertz CT molecular complexity index is 410. The number of carbonyl (C=O) groups excluding carboxylic acids is 1. The van der Waals surface area contributed by atoms with Crippen LogP contribution in [0.1, 0.15) is 49.2 Å². The van der Waals surface area contributed by atoms with Crippen LogP contribution in [0.2, 0.25) is 0 Å². The maximum Gasteiger partial charge on any atom is 0.295 e. The fourth-order valence-corrected chi connectivity index (χ4v) is 2.16. The Morgan fingerprint density at radius 1 is 1.61 bits per heavy atom. The molecule has 0 aromatic carbocycles. The number of hydrogen-bond acceptors (Lipinski definition) is 5. The Kier molecular flexibility index (Phi) is 3.96. The van der Waals surface area contributed by atoms with Crippen molar-refractivity contribution in [2.45, 2.75) is 32.7 Å². The maximum atomic E-state index is 12.0. The Morgan fingerprint density at radius 3 is 3.00 bits per heavy atom. The van der Waals surface area contributed by atoms with Crippen LogP contribution in [0.4, 0.5) is 0 Å². The van der Waals surface area contributed by atoms with Crippen molar-refractivity contribution in [1.29, 1.82) is 0 Å². The molecule has 2 rings (SSSR count). The van der Waals surface area contributed by atoms with Crippen LogP contribution in [0.5, 0.6) is 0 Å². The fraction of sp³-hybridized carbons (Fsp3) is 0.750. The van der Waals surface area contributed by atoms with Crippen molar-refractivity contribution in [2.24, 2.45) is 5.92 Å². The molecule has 1 N–H and O–H groups in total. The third kappa shape index (κ3) is 2.87. The summed E-state index contributed by atoms with van der Waals surface area (Å²) >= 11 is 0. The molecule has 0 radical (unpaired) electrons. The molecule has 1 amide bonds. The lowest BCUT2D eigenvalue weighted by atomic mass is 10.2. The van der Waals surface area contributed by atoms with Gasteiger partial charge in [-0.25, -0.2) is 0 Å². The summed E-state index contributed by atoms with van der Waals surface area (Å²) in [7, 11) is 1.76. The Labute approximate surface area is 107 Å². The summed E-state index contributed by atoms with van der Waals surface area (Å²) in [5.74, 6) is 0.911. The largest absolute Gasteiger partial charge is 0.339 e. The molecule has 0 aliphatic carbocycles. The maximum absolute atomic E-state index is 12.0. The Morgan fingerprint density at radius 2 is 2.39 bits per heavy atom. The quantitative estimate of drug-likeness (QED) is 0.872. The van der Waals surface area contributed by atoms with Crippen LogP contribution < -0.4 is 5.32 Å². The number of rotatable bonds is 4. The molecule has 0 bridgehead atoms. The average Bonchev–Trinajstić information content (AvgIpc) is 2.97. The molecule has 6 nitrogen and oxygen atoms in total. The molecule has 0 spiro atoms. The molecule has 1 aliphatic heterocycles. The summed E-state index contributed by atoms with van der Waals surface area (Å²) in [5.41, 5.74) is 0. The number of aromatic nitrogens is 2. The molecule has 1 aliphatic rings. The fourth-order valence-electron chi connectivity index (χ4n) is 2.16. The highest BCUT2D eigenvalue weighted by atomic mass is 16.5. The number of nitrogens with zero attached hydrogens (tertiary/aromatic N) is 3. The summed E-state index contributed by atoms with van der Waals surface area (Å²) in [5, 5.41) is 7.04. The third-order valence-corrected chi connectivity index (χ3v) is 2.98. The van der Waals surface area contributed by atoms with Crippen LogP contribution in [-0.2, 0) is 0 Å². The van der Waals surface area contributed by atoms with E-state index in [1.54, 1.807) is 11.9 Å². The second-order valence-electron chi connectivity index (χ2n) is 5.18. The Balaban J connectivity index is 2.02. The van der Waals surface area contributed by atoms with Gasteiger partial charge in [-0.05, 0) is 25.3 Å². The topological polar surface area (TPSA) is 71.3 Å². The minimum Gasteiger partial charge on any atom is -0.339 e. The molecule has 0 saturated carbocycles. The monoisotopic (exact) mass is 252 g/mol. The first-order chi connectivity index (χ1) is 8.58. The molecule has 18 heavy (non-hydrogen) atoms. The summed E-state index contributed by atoms with van der Waals surface area (Å²) in [4.78, 5) is 17.8. The molecule has 1 saturated heterocycles. The van der Waals surface area contributed by atoms with Crippen LogP contribution >= 0.6 is 0 Å². The first kappa shape index (κ1) is 13.0. The van der Waals surface area contributed by atoms with E-state index in [9.17, 15) is 4.79 Å². The van der Waals surface area contributed by atoms with Gasteiger partial charge in [0.25, 0.3) is 11.7 Å². The minimum absolute atomic E-state index is 0.106. The zero-order chi connectivity index (χ0) is 13.1. The van der Waals surface area contributed by atoms with Crippen molar-refractivity contribution < 1.29 is 9.32 Å². The lowest BCUT2D eigenvalue weighted by Crippen LogP contribution is -2.31. The average molecular weight is 252 g/mol. The van der Waals surface area contributed by atoms with E-state index in [0.29, 0.717) is 18.4 Å². The van der Waals surface area contributed by atoms with Crippen molar-refractivity contribution in [3.8, 4) is 0 Å². The predicted molar refractivity (Wildman–Crippen MR) is 66.1 cm³/mol. The van der Waals surface area contributed by atoms with Gasteiger partial charge in [0.2, 0.25) is 5.89 Å². The molecule has 1 fully saturated rings. The summed E-state index contributed by atoms with van der Waals surface area (Å²) in [6.45, 7) is 5.77. The van der Waals surface area contributed by atoms with Crippen molar-refractivity contribution >= 4 is 5.91 Å². The van der Waals surface area contributed by atoms with Crippen LogP contribution in [0, 0.1) is 5.92 Å². The third-order valence-electron chi connectivity index (χ3n) is 2.98. The molecule has 100 valence electrons. The van der Waals surface area contributed by atoms with E-state index < -0.39 is 0 Å². The zero-order valence-electron chi connectivity index (χ0n) is 11.1. The number of amides is 1. The van der Waals surface area contributed by atoms with Gasteiger partial charge >= 0.3 is 0 Å². The van der Waals surface area contributed by atoms with E-state index in [1.165, 1.54) is 0 Å². The normalized spacial score (nSPS) is 19.4. The predicted octanol–water partition coefficient (Wildman–Crippen LogP) is 1.22. The van der Waals surface area contributed by atoms with E-state index in [-0.39, 0.29) is 17.8 Å². The van der Waals surface area contributed by atoms with E-state index in [1.807, 2.05) is 0 Å². The van der Waals surface area contributed by atoms with Crippen LogP contribution in [-0.4, -0.2) is 41.1 Å². The molecular weight excluding hydrogens is 232 g/mol. The van der Waals surface area contributed by atoms with Crippen LogP contribution in [0.3, 0.4) is 0 Å². The van der Waals surface area contributed by atoms with Gasteiger partial charge in [0.05, 0.1) is 6.04 Å². The number of carbonyl (C=O) groups is 1. The second kappa shape index (κ2) is 5.48. The summed E-state index contributed by atoms with van der Waals surface area (Å²) in [6, 6.07) is 0.106. The van der Waals surface area contributed by atoms with Gasteiger partial charge in [0.15, 0.2) is 0 Å². The molecule has 1 aromatic heterocycles. The van der Waals surface area contributed by atoms with Gasteiger partial charge in [-0.15, -0.1) is 0 Å². The summed E-state index contributed by atoms with van der Waals surface area (Å²) < 4.78 is 5.15. The number of hydrogen-bond donors (Lipinski definition) is 1. The van der Waals surface area contributed by atoms with Gasteiger partial charge in [0.1, 0.15) is 0 Å². The molecular formula is C12H20N4O2. The van der Waals surface area contributed by atoms with Gasteiger partial charge in [0, 0.05) is 13.6 Å². The molecule has 1 aromatic rings. The molecule has 1 atom stereocenters. The lowest BCUT2D eigenvalue weighted by molar-refractivity contribution is 0.0763. The highest BCUT2D eigenvalue weighted by Crippen LogP contribution is 2.21. The van der Waals surface area contributed by atoms with Crippen molar-refractivity contribution in [2.75, 3.05) is 20.1 Å². The van der Waals surface area contributed by atoms with Crippen molar-refractivity contribution in [1.82, 2.24) is 20.4 Å². The molecule has 1 unspecified atom stereocenters. The summed E-state index contributed by atoms with van der Waals surface area (Å²) in [6.07, 6.45) is 2.08. The van der Waals surface area contributed by atoms with Gasteiger partial charge < -0.3 is 14.7 Å². The van der Waals surface area contributed by atoms with Gasteiger partial charge in [-0.3, -0.25) is 4.79 Å². The SMILES string of the molecule is CC(C)CN(C)C(=O)c1noc(C2CCCN2)n1. The van der Waals surface area contributed by atoms with Crippen LogP contribution in [0.15, 0.2) is 4.52 Å². The van der Waals surface area contributed by atoms with Crippen molar-refractivity contribution in [3.63, 3.8) is 0 Å². The van der Waals surface area contributed by atoms with E-state index in [4.69, 9.17) is 4.52 Å². The Hall–Kier alpha value is -1.43. The van der Waals surface area contributed by atoms with Gasteiger partial charge in [-0.2, -0.15) is 4.98 Å².